The molecule has 0 heterocycles. The molecule has 6 nitrogen and oxygen atoms in total. The van der Waals surface area contributed by atoms with E-state index in [4.69, 9.17) is 0 Å². The average molecular weight is 300 g/mol. The van der Waals surface area contributed by atoms with E-state index in [1.165, 1.54) is 18.4 Å². The van der Waals surface area contributed by atoms with Crippen LogP contribution in [0, 0.1) is 10.1 Å². The Balaban J connectivity index is 2.57. The molecule has 0 spiro atoms. The second-order valence-corrected chi connectivity index (χ2v) is 7.32. The van der Waals surface area contributed by atoms with Crippen molar-refractivity contribution in [3.8, 4) is 0 Å². The Morgan fingerprint density at radius 3 is 2.25 bits per heavy atom. The fourth-order valence-corrected chi connectivity index (χ4v) is 2.66. The molecular formula is C13H20N2O4S. The Labute approximate surface area is 119 Å². The van der Waals surface area contributed by atoms with Crippen LogP contribution in [-0.2, 0) is 9.84 Å². The van der Waals surface area contributed by atoms with Gasteiger partial charge in [-0.05, 0) is 25.8 Å². The molecule has 0 fully saturated rings. The van der Waals surface area contributed by atoms with Crippen molar-refractivity contribution in [2.45, 2.75) is 32.4 Å². The Bertz CT molecular complexity index is 554. The third-order valence-corrected chi connectivity index (χ3v) is 4.04. The maximum atomic E-state index is 11.1. The highest BCUT2D eigenvalue weighted by Gasteiger charge is 2.13. The van der Waals surface area contributed by atoms with Gasteiger partial charge in [-0.3, -0.25) is 10.1 Å². The van der Waals surface area contributed by atoms with Crippen molar-refractivity contribution in [3.63, 3.8) is 0 Å². The Morgan fingerprint density at radius 2 is 1.80 bits per heavy atom. The first-order valence-corrected chi connectivity index (χ1v) is 8.43. The van der Waals surface area contributed by atoms with E-state index < -0.39 is 14.8 Å². The van der Waals surface area contributed by atoms with Crippen LogP contribution in [0.3, 0.4) is 0 Å². The van der Waals surface area contributed by atoms with Crippen LogP contribution in [0.4, 0.5) is 5.69 Å². The number of hydrogen-bond acceptors (Lipinski definition) is 5. The third kappa shape index (κ3) is 5.66. The minimum Gasteiger partial charge on any atom is -0.308 e. The number of nitro benzene ring substituents is 1. The molecule has 1 aromatic rings. The molecular weight excluding hydrogens is 280 g/mol. The zero-order chi connectivity index (χ0) is 15.3. The van der Waals surface area contributed by atoms with Crippen LogP contribution in [0.2, 0.25) is 0 Å². The number of non-ortho nitro benzene ring substituents is 1. The first kappa shape index (κ1) is 16.6. The number of nitrogens with zero attached hydrogens (tertiary/aromatic N) is 1. The van der Waals surface area contributed by atoms with Gasteiger partial charge in [0.1, 0.15) is 9.84 Å². The van der Waals surface area contributed by atoms with Gasteiger partial charge in [0.2, 0.25) is 0 Å². The molecule has 0 unspecified atom stereocenters. The molecule has 0 aliphatic carbocycles. The number of nitro groups is 1. The van der Waals surface area contributed by atoms with Crippen LogP contribution >= 0.6 is 0 Å². The summed E-state index contributed by atoms with van der Waals surface area (Å²) in [5.74, 6) is 0.147. The molecule has 0 aliphatic rings. The van der Waals surface area contributed by atoms with Gasteiger partial charge in [-0.1, -0.05) is 12.1 Å². The maximum Gasteiger partial charge on any atom is 0.269 e. The summed E-state index contributed by atoms with van der Waals surface area (Å²) in [7, 11) is -2.95. The van der Waals surface area contributed by atoms with Gasteiger partial charge in [0.05, 0.1) is 10.7 Å². The third-order valence-electron chi connectivity index (χ3n) is 3.06. The Hall–Kier alpha value is -1.47. The van der Waals surface area contributed by atoms with Crippen LogP contribution in [0.1, 0.15) is 31.9 Å². The fraction of sp³-hybridized carbons (Fsp3) is 0.538. The molecule has 1 aromatic carbocycles. The highest BCUT2D eigenvalue weighted by Crippen LogP contribution is 2.18. The van der Waals surface area contributed by atoms with Crippen LogP contribution in [0.15, 0.2) is 24.3 Å². The normalized spacial score (nSPS) is 14.8. The SMILES string of the molecule is C[C@H](N[C@@H](C)CCS(C)(=O)=O)c1ccc([N+](=O)[O-])cc1. The standard InChI is InChI=1S/C13H20N2O4S/c1-10(8-9-20(3,18)19)14-11(2)12-4-6-13(7-5-12)15(16)17/h4-7,10-11,14H,8-9H2,1-3H3/t10-,11-/m0/s1. The van der Waals surface area contributed by atoms with Crippen molar-refractivity contribution in [3.05, 3.63) is 39.9 Å². The summed E-state index contributed by atoms with van der Waals surface area (Å²) in [6.45, 7) is 3.87. The summed E-state index contributed by atoms with van der Waals surface area (Å²) in [6.07, 6.45) is 1.76. The molecule has 0 radical (unpaired) electrons. The minimum atomic E-state index is -2.95. The largest absolute Gasteiger partial charge is 0.308 e. The van der Waals surface area contributed by atoms with Crippen LogP contribution in [0.5, 0.6) is 0 Å². The van der Waals surface area contributed by atoms with Crippen molar-refractivity contribution in [1.82, 2.24) is 5.32 Å². The zero-order valence-corrected chi connectivity index (χ0v) is 12.7. The molecule has 0 aliphatic heterocycles. The first-order chi connectivity index (χ1) is 9.19. The van der Waals surface area contributed by atoms with Gasteiger partial charge in [0.15, 0.2) is 0 Å². The average Bonchev–Trinajstić information content (AvgIpc) is 2.35. The van der Waals surface area contributed by atoms with E-state index in [2.05, 4.69) is 5.32 Å². The molecule has 112 valence electrons. The first-order valence-electron chi connectivity index (χ1n) is 6.37. The van der Waals surface area contributed by atoms with Gasteiger partial charge in [-0.25, -0.2) is 8.42 Å². The van der Waals surface area contributed by atoms with Crippen molar-refractivity contribution in [2.24, 2.45) is 0 Å². The van der Waals surface area contributed by atoms with Crippen LogP contribution < -0.4 is 5.32 Å². The number of nitrogens with one attached hydrogen (secondary N) is 1. The minimum absolute atomic E-state index is 0.00497. The van der Waals surface area contributed by atoms with E-state index in [9.17, 15) is 18.5 Å². The van der Waals surface area contributed by atoms with E-state index in [-0.39, 0.29) is 23.5 Å². The lowest BCUT2D eigenvalue weighted by atomic mass is 10.1. The van der Waals surface area contributed by atoms with Gasteiger partial charge in [-0.2, -0.15) is 0 Å². The molecule has 2 atom stereocenters. The molecule has 0 saturated heterocycles. The number of benzene rings is 1. The molecule has 1 N–H and O–H groups in total. The lowest BCUT2D eigenvalue weighted by Gasteiger charge is -2.20. The van der Waals surface area contributed by atoms with Gasteiger partial charge in [0.25, 0.3) is 5.69 Å². The highest BCUT2D eigenvalue weighted by atomic mass is 32.2. The smallest absolute Gasteiger partial charge is 0.269 e. The maximum absolute atomic E-state index is 11.1. The molecule has 0 bridgehead atoms. The predicted molar refractivity (Wildman–Crippen MR) is 78.4 cm³/mol. The monoisotopic (exact) mass is 300 g/mol. The lowest BCUT2D eigenvalue weighted by molar-refractivity contribution is -0.384. The van der Waals surface area contributed by atoms with E-state index >= 15 is 0 Å². The molecule has 0 aromatic heterocycles. The highest BCUT2D eigenvalue weighted by molar-refractivity contribution is 7.90. The van der Waals surface area contributed by atoms with Gasteiger partial charge in [-0.15, -0.1) is 0 Å². The van der Waals surface area contributed by atoms with Crippen molar-refractivity contribution in [1.29, 1.82) is 0 Å². The quantitative estimate of drug-likeness (QED) is 0.615. The Morgan fingerprint density at radius 1 is 1.25 bits per heavy atom. The van der Waals surface area contributed by atoms with Crippen molar-refractivity contribution < 1.29 is 13.3 Å². The molecule has 0 saturated carbocycles. The van der Waals surface area contributed by atoms with Gasteiger partial charge in [0, 0.05) is 30.5 Å². The van der Waals surface area contributed by atoms with E-state index in [0.717, 1.165) is 5.56 Å². The second-order valence-electron chi connectivity index (χ2n) is 5.06. The van der Waals surface area contributed by atoms with E-state index in [1.807, 2.05) is 13.8 Å². The summed E-state index contributed by atoms with van der Waals surface area (Å²) < 4.78 is 22.2. The van der Waals surface area contributed by atoms with Gasteiger partial charge < -0.3 is 5.32 Å². The van der Waals surface area contributed by atoms with Gasteiger partial charge >= 0.3 is 0 Å². The van der Waals surface area contributed by atoms with E-state index in [0.29, 0.717) is 6.42 Å². The molecule has 20 heavy (non-hydrogen) atoms. The number of hydrogen-bond donors (Lipinski definition) is 1. The topological polar surface area (TPSA) is 89.3 Å². The second kappa shape index (κ2) is 6.81. The summed E-state index contributed by atoms with van der Waals surface area (Å²) in [5, 5.41) is 13.9. The molecule has 0 amide bonds. The van der Waals surface area contributed by atoms with Crippen LogP contribution in [-0.4, -0.2) is 31.4 Å². The number of sulfone groups is 1. The summed E-state index contributed by atoms with van der Waals surface area (Å²) >= 11 is 0. The van der Waals surface area contributed by atoms with E-state index in [1.54, 1.807) is 12.1 Å². The summed E-state index contributed by atoms with van der Waals surface area (Å²) in [4.78, 5) is 10.1. The molecule has 7 heteroatoms. The Kier molecular flexibility index (Phi) is 5.64. The lowest BCUT2D eigenvalue weighted by Crippen LogP contribution is -2.30. The van der Waals surface area contributed by atoms with Crippen molar-refractivity contribution in [2.75, 3.05) is 12.0 Å². The number of rotatable bonds is 7. The predicted octanol–water partition coefficient (Wildman–Crippen LogP) is 2.07. The molecule has 1 rings (SSSR count). The summed E-state index contributed by atoms with van der Waals surface area (Å²) in [5.41, 5.74) is 0.993. The zero-order valence-electron chi connectivity index (χ0n) is 11.9. The van der Waals surface area contributed by atoms with Crippen LogP contribution in [0.25, 0.3) is 0 Å². The van der Waals surface area contributed by atoms with Crippen molar-refractivity contribution >= 4 is 15.5 Å². The fourth-order valence-electron chi connectivity index (χ4n) is 1.88. The summed E-state index contributed by atoms with van der Waals surface area (Å²) in [6, 6.07) is 6.40.